The molecule has 2 aromatic heterocycles. The van der Waals surface area contributed by atoms with E-state index in [-0.39, 0.29) is 17.6 Å². The highest BCUT2D eigenvalue weighted by molar-refractivity contribution is 5.86. The predicted octanol–water partition coefficient (Wildman–Crippen LogP) is 2.80. The number of esters is 1. The van der Waals surface area contributed by atoms with E-state index in [1.807, 2.05) is 13.8 Å². The Morgan fingerprint density at radius 1 is 1.40 bits per heavy atom. The highest BCUT2D eigenvalue weighted by atomic mass is 16.6. The summed E-state index contributed by atoms with van der Waals surface area (Å²) in [5.41, 5.74) is 0.737. The predicted molar refractivity (Wildman–Crippen MR) is 68.1 cm³/mol. The van der Waals surface area contributed by atoms with Crippen molar-refractivity contribution >= 4 is 5.97 Å². The van der Waals surface area contributed by atoms with Crippen molar-refractivity contribution in [2.24, 2.45) is 0 Å². The Morgan fingerprint density at radius 3 is 2.75 bits per heavy atom. The quantitative estimate of drug-likeness (QED) is 0.777. The summed E-state index contributed by atoms with van der Waals surface area (Å²) in [4.78, 5) is 11.9. The summed E-state index contributed by atoms with van der Waals surface area (Å²) < 4.78 is 15.4. The Bertz CT molecular complexity index is 590. The summed E-state index contributed by atoms with van der Waals surface area (Å²) in [7, 11) is 0. The number of hydrogen-bond acceptors (Lipinski definition) is 7. The second kappa shape index (κ2) is 5.85. The molecule has 20 heavy (non-hydrogen) atoms. The number of rotatable bonds is 5. The van der Waals surface area contributed by atoms with E-state index in [1.165, 1.54) is 0 Å². The molecule has 0 aliphatic rings. The molecule has 0 fully saturated rings. The van der Waals surface area contributed by atoms with Crippen LogP contribution in [0.4, 0.5) is 0 Å². The first-order valence-electron chi connectivity index (χ1n) is 6.48. The third-order valence-corrected chi connectivity index (χ3v) is 3.02. The molecule has 0 saturated carbocycles. The Hall–Kier alpha value is -2.18. The average Bonchev–Trinajstić information content (AvgIpc) is 3.06. The van der Waals surface area contributed by atoms with Crippen LogP contribution in [-0.4, -0.2) is 21.3 Å². The first-order valence-corrected chi connectivity index (χ1v) is 6.48. The van der Waals surface area contributed by atoms with Crippen molar-refractivity contribution in [1.82, 2.24) is 15.4 Å². The fourth-order valence-corrected chi connectivity index (χ4v) is 1.57. The molecule has 0 N–H and O–H groups in total. The summed E-state index contributed by atoms with van der Waals surface area (Å²) in [6.07, 6.45) is 0.277. The van der Waals surface area contributed by atoms with Gasteiger partial charge in [-0.05, 0) is 13.3 Å². The number of hydrogen-bond donors (Lipinski definition) is 0. The van der Waals surface area contributed by atoms with Gasteiger partial charge in [0.1, 0.15) is 0 Å². The second-order valence-electron chi connectivity index (χ2n) is 4.63. The first kappa shape index (κ1) is 14.2. The zero-order valence-electron chi connectivity index (χ0n) is 11.9. The molecule has 7 heteroatoms. The fourth-order valence-electron chi connectivity index (χ4n) is 1.57. The van der Waals surface area contributed by atoms with E-state index in [9.17, 15) is 4.79 Å². The highest BCUT2D eigenvalue weighted by Crippen LogP contribution is 2.21. The van der Waals surface area contributed by atoms with Crippen molar-refractivity contribution in [3.63, 3.8) is 0 Å². The van der Waals surface area contributed by atoms with Gasteiger partial charge in [0.25, 0.3) is 5.89 Å². The standard InChI is InChI=1S/C13H17N3O4/c1-5-7(2)10-6-11(20-16-10)13(17)18-8(3)12-15-14-9(4)19-12/h6-8H,5H2,1-4H3. The maximum absolute atomic E-state index is 11.9. The van der Waals surface area contributed by atoms with Crippen LogP contribution in [-0.2, 0) is 4.74 Å². The number of ether oxygens (including phenoxy) is 1. The minimum atomic E-state index is -0.638. The molecule has 0 amide bonds. The van der Waals surface area contributed by atoms with Crippen LogP contribution in [0, 0.1) is 6.92 Å². The Kier molecular flexibility index (Phi) is 4.16. The molecule has 0 saturated heterocycles. The van der Waals surface area contributed by atoms with E-state index in [0.29, 0.717) is 5.89 Å². The van der Waals surface area contributed by atoms with Crippen LogP contribution in [0.3, 0.4) is 0 Å². The summed E-state index contributed by atoms with van der Waals surface area (Å²) >= 11 is 0. The lowest BCUT2D eigenvalue weighted by atomic mass is 10.1. The fraction of sp³-hybridized carbons (Fsp3) is 0.538. The lowest BCUT2D eigenvalue weighted by Gasteiger charge is -2.06. The van der Waals surface area contributed by atoms with Gasteiger partial charge in [0.15, 0.2) is 6.10 Å². The summed E-state index contributed by atoms with van der Waals surface area (Å²) in [6, 6.07) is 1.60. The molecule has 7 nitrogen and oxygen atoms in total. The first-order chi connectivity index (χ1) is 9.51. The van der Waals surface area contributed by atoms with Crippen LogP contribution in [0.1, 0.15) is 67.2 Å². The van der Waals surface area contributed by atoms with E-state index in [0.717, 1.165) is 12.1 Å². The monoisotopic (exact) mass is 279 g/mol. The van der Waals surface area contributed by atoms with Crippen molar-refractivity contribution in [2.45, 2.75) is 46.1 Å². The van der Waals surface area contributed by atoms with Crippen LogP contribution in [0.2, 0.25) is 0 Å². The van der Waals surface area contributed by atoms with Crippen molar-refractivity contribution in [2.75, 3.05) is 0 Å². The normalized spacial score (nSPS) is 14.0. The van der Waals surface area contributed by atoms with Gasteiger partial charge in [0, 0.05) is 18.9 Å². The minimum absolute atomic E-state index is 0.0726. The molecule has 2 aromatic rings. The smallest absolute Gasteiger partial charge is 0.377 e. The number of carbonyl (C=O) groups is 1. The SMILES string of the molecule is CCC(C)c1cc(C(=O)OC(C)c2nnc(C)o2)on1. The molecule has 0 aliphatic carbocycles. The lowest BCUT2D eigenvalue weighted by Crippen LogP contribution is -2.08. The molecular weight excluding hydrogens is 262 g/mol. The summed E-state index contributed by atoms with van der Waals surface area (Å²) in [6.45, 7) is 7.37. The van der Waals surface area contributed by atoms with Crippen molar-refractivity contribution in [1.29, 1.82) is 0 Å². The van der Waals surface area contributed by atoms with Gasteiger partial charge >= 0.3 is 5.97 Å². The van der Waals surface area contributed by atoms with Crippen LogP contribution in [0.15, 0.2) is 15.0 Å². The topological polar surface area (TPSA) is 91.2 Å². The number of carbonyl (C=O) groups excluding carboxylic acids is 1. The molecule has 2 heterocycles. The molecule has 0 aromatic carbocycles. The zero-order chi connectivity index (χ0) is 14.7. The van der Waals surface area contributed by atoms with Crippen molar-refractivity contribution < 1.29 is 18.5 Å². The van der Waals surface area contributed by atoms with E-state index < -0.39 is 12.1 Å². The maximum atomic E-state index is 11.9. The van der Waals surface area contributed by atoms with Crippen molar-refractivity contribution in [3.05, 3.63) is 29.3 Å². The number of aromatic nitrogens is 3. The third kappa shape index (κ3) is 3.04. The van der Waals surface area contributed by atoms with Crippen molar-refractivity contribution in [3.8, 4) is 0 Å². The molecule has 2 atom stereocenters. The number of nitrogens with zero attached hydrogens (tertiary/aromatic N) is 3. The molecule has 108 valence electrons. The van der Waals surface area contributed by atoms with Crippen LogP contribution < -0.4 is 0 Å². The molecule has 0 spiro atoms. The average molecular weight is 279 g/mol. The van der Waals surface area contributed by atoms with Crippen LogP contribution in [0.25, 0.3) is 0 Å². The Labute approximate surface area is 116 Å². The Balaban J connectivity index is 2.03. The summed E-state index contributed by atoms with van der Waals surface area (Å²) in [5.74, 6) is 0.370. The van der Waals surface area contributed by atoms with Crippen LogP contribution in [0.5, 0.6) is 0 Å². The molecular formula is C13H17N3O4. The maximum Gasteiger partial charge on any atom is 0.377 e. The zero-order valence-corrected chi connectivity index (χ0v) is 11.9. The van der Waals surface area contributed by atoms with Gasteiger partial charge in [-0.15, -0.1) is 10.2 Å². The second-order valence-corrected chi connectivity index (χ2v) is 4.63. The van der Waals surface area contributed by atoms with E-state index in [2.05, 4.69) is 15.4 Å². The molecule has 2 rings (SSSR count). The van der Waals surface area contributed by atoms with E-state index in [1.54, 1.807) is 19.9 Å². The van der Waals surface area contributed by atoms with Gasteiger partial charge in [-0.1, -0.05) is 19.0 Å². The van der Waals surface area contributed by atoms with Gasteiger partial charge in [-0.3, -0.25) is 0 Å². The van der Waals surface area contributed by atoms with Gasteiger partial charge in [-0.2, -0.15) is 0 Å². The van der Waals surface area contributed by atoms with E-state index in [4.69, 9.17) is 13.7 Å². The Morgan fingerprint density at radius 2 is 2.15 bits per heavy atom. The third-order valence-electron chi connectivity index (χ3n) is 3.02. The van der Waals surface area contributed by atoms with E-state index >= 15 is 0 Å². The lowest BCUT2D eigenvalue weighted by molar-refractivity contribution is 0.0232. The van der Waals surface area contributed by atoms with Gasteiger partial charge in [0.05, 0.1) is 5.69 Å². The largest absolute Gasteiger partial charge is 0.447 e. The molecule has 0 bridgehead atoms. The summed E-state index contributed by atoms with van der Waals surface area (Å²) in [5, 5.41) is 11.3. The van der Waals surface area contributed by atoms with Gasteiger partial charge in [0.2, 0.25) is 11.7 Å². The highest BCUT2D eigenvalue weighted by Gasteiger charge is 2.22. The minimum Gasteiger partial charge on any atom is -0.447 e. The van der Waals surface area contributed by atoms with Gasteiger partial charge < -0.3 is 13.7 Å². The molecule has 2 unspecified atom stereocenters. The van der Waals surface area contributed by atoms with Gasteiger partial charge in [-0.25, -0.2) is 4.79 Å². The molecule has 0 aliphatic heterocycles. The number of aryl methyl sites for hydroxylation is 1. The van der Waals surface area contributed by atoms with Crippen LogP contribution >= 0.6 is 0 Å². The molecule has 0 radical (unpaired) electrons.